The molecule has 2 aromatic carbocycles. The molecule has 29 heavy (non-hydrogen) atoms. The Hall–Kier alpha value is -2.94. The molecular formula is C20H19F3N4OS. The second-order valence-corrected chi connectivity index (χ2v) is 6.74. The first-order valence-corrected chi connectivity index (χ1v) is 9.99. The second-order valence-electron chi connectivity index (χ2n) is 5.89. The molecule has 5 nitrogen and oxygen atoms in total. The van der Waals surface area contributed by atoms with Gasteiger partial charge in [-0.15, -0.1) is 24.9 Å². The first kappa shape index (κ1) is 20.8. The van der Waals surface area contributed by atoms with E-state index in [9.17, 15) is 13.2 Å². The first-order valence-electron chi connectivity index (χ1n) is 8.77. The average molecular weight is 420 g/mol. The molecule has 3 rings (SSSR count). The molecule has 1 heterocycles. The number of aromatic nitrogens is 2. The van der Waals surface area contributed by atoms with Gasteiger partial charge in [0.1, 0.15) is 11.6 Å². The van der Waals surface area contributed by atoms with Gasteiger partial charge in [0, 0.05) is 23.1 Å². The van der Waals surface area contributed by atoms with Crippen LogP contribution in [-0.4, -0.2) is 29.1 Å². The Kier molecular flexibility index (Phi) is 6.48. The minimum atomic E-state index is -4.76. The van der Waals surface area contributed by atoms with Crippen molar-refractivity contribution in [1.82, 2.24) is 9.97 Å². The Labute approximate surface area is 170 Å². The predicted octanol–water partition coefficient (Wildman–Crippen LogP) is 5.94. The number of benzene rings is 2. The van der Waals surface area contributed by atoms with Crippen LogP contribution in [-0.2, 0) is 0 Å². The molecule has 2 N–H and O–H groups in total. The smallest absolute Gasteiger partial charge is 0.406 e. The Bertz CT molecular complexity index is 982. The van der Waals surface area contributed by atoms with Crippen molar-refractivity contribution in [1.29, 1.82) is 0 Å². The highest BCUT2D eigenvalue weighted by atomic mass is 32.2. The molecule has 1 aromatic heterocycles. The van der Waals surface area contributed by atoms with Crippen LogP contribution < -0.4 is 15.4 Å². The molecule has 0 spiro atoms. The molecule has 0 unspecified atom stereocenters. The molecule has 0 aliphatic rings. The highest BCUT2D eigenvalue weighted by molar-refractivity contribution is 7.98. The van der Waals surface area contributed by atoms with E-state index in [0.29, 0.717) is 29.6 Å². The standard InChI is InChI=1S/C20H19F3N4OS/c1-3-24-19-26-16(13-7-6-8-14(11-13)28-20(21,22)23)12-18(27-19)25-15-9-4-5-10-17(15)29-2/h4-12H,3H2,1-2H3,(H2,24,25,26,27). The fourth-order valence-corrected chi connectivity index (χ4v) is 3.19. The second kappa shape index (κ2) is 9.04. The Morgan fingerprint density at radius 3 is 2.55 bits per heavy atom. The van der Waals surface area contributed by atoms with Gasteiger partial charge < -0.3 is 15.4 Å². The number of thioether (sulfide) groups is 1. The zero-order valence-electron chi connectivity index (χ0n) is 15.7. The van der Waals surface area contributed by atoms with Gasteiger partial charge in [-0.05, 0) is 37.4 Å². The fraction of sp³-hybridized carbons (Fsp3) is 0.200. The summed E-state index contributed by atoms with van der Waals surface area (Å²) < 4.78 is 41.7. The normalized spacial score (nSPS) is 11.2. The summed E-state index contributed by atoms with van der Waals surface area (Å²) in [6.07, 6.45) is -2.78. The van der Waals surface area contributed by atoms with E-state index in [1.165, 1.54) is 18.2 Å². The van der Waals surface area contributed by atoms with Crippen molar-refractivity contribution in [2.45, 2.75) is 18.2 Å². The quantitative estimate of drug-likeness (QED) is 0.462. The summed E-state index contributed by atoms with van der Waals surface area (Å²) in [7, 11) is 0. The molecule has 0 aliphatic heterocycles. The summed E-state index contributed by atoms with van der Waals surface area (Å²) in [5, 5.41) is 6.31. The number of para-hydroxylation sites is 1. The highest BCUT2D eigenvalue weighted by Gasteiger charge is 2.31. The van der Waals surface area contributed by atoms with Crippen LogP contribution in [0.15, 0.2) is 59.5 Å². The summed E-state index contributed by atoms with van der Waals surface area (Å²) in [6.45, 7) is 2.51. The topological polar surface area (TPSA) is 59.1 Å². The molecule has 0 fully saturated rings. The number of anilines is 3. The van der Waals surface area contributed by atoms with Gasteiger partial charge in [-0.2, -0.15) is 4.98 Å². The monoisotopic (exact) mass is 420 g/mol. The lowest BCUT2D eigenvalue weighted by Gasteiger charge is -2.13. The Morgan fingerprint density at radius 1 is 1.03 bits per heavy atom. The van der Waals surface area contributed by atoms with Crippen molar-refractivity contribution in [2.75, 3.05) is 23.4 Å². The van der Waals surface area contributed by atoms with Gasteiger partial charge in [0.15, 0.2) is 0 Å². The largest absolute Gasteiger partial charge is 0.573 e. The van der Waals surface area contributed by atoms with Crippen molar-refractivity contribution in [3.63, 3.8) is 0 Å². The van der Waals surface area contributed by atoms with E-state index in [2.05, 4.69) is 25.3 Å². The highest BCUT2D eigenvalue weighted by Crippen LogP contribution is 2.31. The van der Waals surface area contributed by atoms with Crippen molar-refractivity contribution in [2.24, 2.45) is 0 Å². The van der Waals surface area contributed by atoms with Crippen LogP contribution in [0.1, 0.15) is 6.92 Å². The third-order valence-corrected chi connectivity index (χ3v) is 4.59. The van der Waals surface area contributed by atoms with Gasteiger partial charge in [-0.3, -0.25) is 0 Å². The van der Waals surface area contributed by atoms with Crippen molar-refractivity contribution >= 4 is 29.2 Å². The fourth-order valence-electron chi connectivity index (χ4n) is 2.63. The SMILES string of the molecule is CCNc1nc(Nc2ccccc2SC)cc(-c2cccc(OC(F)(F)F)c2)n1. The van der Waals surface area contributed by atoms with Gasteiger partial charge in [-0.1, -0.05) is 24.3 Å². The van der Waals surface area contributed by atoms with Crippen LogP contribution in [0.2, 0.25) is 0 Å². The minimum Gasteiger partial charge on any atom is -0.406 e. The Balaban J connectivity index is 1.98. The number of rotatable bonds is 7. The number of hydrogen-bond donors (Lipinski definition) is 2. The summed E-state index contributed by atoms with van der Waals surface area (Å²) in [6, 6.07) is 15.2. The number of nitrogens with zero attached hydrogens (tertiary/aromatic N) is 2. The maximum absolute atomic E-state index is 12.5. The van der Waals surface area contributed by atoms with Gasteiger partial charge in [0.05, 0.1) is 11.4 Å². The molecule has 3 aromatic rings. The van der Waals surface area contributed by atoms with Crippen molar-refractivity contribution in [3.05, 3.63) is 54.6 Å². The lowest BCUT2D eigenvalue weighted by atomic mass is 10.1. The molecular weight excluding hydrogens is 401 g/mol. The third-order valence-electron chi connectivity index (χ3n) is 3.79. The number of nitrogens with one attached hydrogen (secondary N) is 2. The van der Waals surface area contributed by atoms with E-state index in [-0.39, 0.29) is 5.75 Å². The maximum atomic E-state index is 12.5. The molecule has 0 bridgehead atoms. The van der Waals surface area contributed by atoms with Crippen LogP contribution >= 0.6 is 11.8 Å². The summed E-state index contributed by atoms with van der Waals surface area (Å²) >= 11 is 1.59. The third kappa shape index (κ3) is 5.77. The van der Waals surface area contributed by atoms with Crippen LogP contribution in [0.3, 0.4) is 0 Å². The molecule has 9 heteroatoms. The molecule has 0 atom stereocenters. The van der Waals surface area contributed by atoms with Gasteiger partial charge in [0.25, 0.3) is 0 Å². The van der Waals surface area contributed by atoms with E-state index in [1.807, 2.05) is 37.4 Å². The summed E-state index contributed by atoms with van der Waals surface area (Å²) in [4.78, 5) is 9.90. The van der Waals surface area contributed by atoms with Crippen LogP contribution in [0, 0.1) is 0 Å². The number of halogens is 3. The Morgan fingerprint density at radius 2 is 1.83 bits per heavy atom. The summed E-state index contributed by atoms with van der Waals surface area (Å²) in [5.74, 6) is 0.590. The lowest BCUT2D eigenvalue weighted by molar-refractivity contribution is -0.274. The molecule has 0 radical (unpaired) electrons. The average Bonchev–Trinajstić information content (AvgIpc) is 2.67. The van der Waals surface area contributed by atoms with Crippen molar-refractivity contribution in [3.8, 4) is 17.0 Å². The van der Waals surface area contributed by atoms with E-state index >= 15 is 0 Å². The summed E-state index contributed by atoms with van der Waals surface area (Å²) in [5.41, 5.74) is 1.82. The van der Waals surface area contributed by atoms with Gasteiger partial charge >= 0.3 is 6.36 Å². The molecule has 0 aliphatic carbocycles. The van der Waals surface area contributed by atoms with Crippen LogP contribution in [0.5, 0.6) is 5.75 Å². The lowest BCUT2D eigenvalue weighted by Crippen LogP contribution is -2.17. The number of alkyl halides is 3. The zero-order chi connectivity index (χ0) is 20.9. The van der Waals surface area contributed by atoms with Crippen molar-refractivity contribution < 1.29 is 17.9 Å². The van der Waals surface area contributed by atoms with Gasteiger partial charge in [0.2, 0.25) is 5.95 Å². The van der Waals surface area contributed by atoms with Crippen LogP contribution in [0.25, 0.3) is 11.3 Å². The first-order chi connectivity index (χ1) is 13.9. The van der Waals surface area contributed by atoms with E-state index in [1.54, 1.807) is 23.9 Å². The zero-order valence-corrected chi connectivity index (χ0v) is 16.6. The number of ether oxygens (including phenoxy) is 1. The minimum absolute atomic E-state index is 0.305. The van der Waals surface area contributed by atoms with E-state index in [4.69, 9.17) is 0 Å². The molecule has 0 amide bonds. The predicted molar refractivity (Wildman–Crippen MR) is 110 cm³/mol. The maximum Gasteiger partial charge on any atom is 0.573 e. The molecule has 0 saturated heterocycles. The number of hydrogen-bond acceptors (Lipinski definition) is 6. The van der Waals surface area contributed by atoms with Gasteiger partial charge in [-0.25, -0.2) is 4.98 Å². The van der Waals surface area contributed by atoms with Crippen LogP contribution in [0.4, 0.5) is 30.6 Å². The van der Waals surface area contributed by atoms with E-state index in [0.717, 1.165) is 10.6 Å². The molecule has 0 saturated carbocycles. The van der Waals surface area contributed by atoms with E-state index < -0.39 is 6.36 Å². The molecule has 152 valence electrons.